The topological polar surface area (TPSA) is 118 Å². The molecule has 10 heteroatoms. The highest BCUT2D eigenvalue weighted by molar-refractivity contribution is 6.01. The minimum atomic E-state index is -1.13. The van der Waals surface area contributed by atoms with E-state index >= 15 is 0 Å². The monoisotopic (exact) mass is 443 g/mol. The van der Waals surface area contributed by atoms with Crippen LogP contribution in [0.25, 0.3) is 16.9 Å². The molecule has 166 valence electrons. The SMILES string of the molecule is O=C(O)c1c(Nc2ccncc2)nc(N2CCOCC2)nc1-c1cccc(-n2cccn2)c1. The van der Waals surface area contributed by atoms with Crippen molar-refractivity contribution in [3.8, 4) is 16.9 Å². The fraction of sp³-hybridized carbons (Fsp3) is 0.174. The molecule has 1 aliphatic rings. The van der Waals surface area contributed by atoms with Crippen LogP contribution in [0.4, 0.5) is 17.5 Å². The zero-order chi connectivity index (χ0) is 22.6. The lowest BCUT2D eigenvalue weighted by molar-refractivity contribution is 0.0698. The molecule has 0 aliphatic carbocycles. The first-order valence-electron chi connectivity index (χ1n) is 10.4. The van der Waals surface area contributed by atoms with Gasteiger partial charge in [0.05, 0.1) is 24.6 Å². The first-order valence-corrected chi connectivity index (χ1v) is 10.4. The highest BCUT2D eigenvalue weighted by atomic mass is 16.5. The van der Waals surface area contributed by atoms with Crippen LogP contribution in [-0.2, 0) is 4.74 Å². The van der Waals surface area contributed by atoms with E-state index in [2.05, 4.69) is 20.4 Å². The molecule has 2 N–H and O–H groups in total. The molecule has 3 aromatic heterocycles. The van der Waals surface area contributed by atoms with E-state index in [1.165, 1.54) is 0 Å². The van der Waals surface area contributed by atoms with Crippen LogP contribution in [-0.4, -0.2) is 62.1 Å². The summed E-state index contributed by atoms with van der Waals surface area (Å²) in [4.78, 5) is 27.7. The van der Waals surface area contributed by atoms with Gasteiger partial charge in [-0.25, -0.2) is 14.5 Å². The number of morpholine rings is 1. The maximum Gasteiger partial charge on any atom is 0.341 e. The fourth-order valence-corrected chi connectivity index (χ4v) is 3.64. The normalized spacial score (nSPS) is 13.6. The molecule has 1 aromatic carbocycles. The number of carbonyl (C=O) groups is 1. The smallest absolute Gasteiger partial charge is 0.341 e. The predicted molar refractivity (Wildman–Crippen MR) is 122 cm³/mol. The maximum atomic E-state index is 12.4. The van der Waals surface area contributed by atoms with Crippen LogP contribution >= 0.6 is 0 Å². The molecule has 0 saturated carbocycles. The molecule has 1 aliphatic heterocycles. The van der Waals surface area contributed by atoms with Gasteiger partial charge in [0.1, 0.15) is 5.56 Å². The minimum Gasteiger partial charge on any atom is -0.477 e. The Morgan fingerprint density at radius 3 is 2.58 bits per heavy atom. The van der Waals surface area contributed by atoms with Crippen molar-refractivity contribution in [2.24, 2.45) is 0 Å². The molecule has 0 bridgehead atoms. The average Bonchev–Trinajstić information content (AvgIpc) is 3.40. The molecule has 1 fully saturated rings. The van der Waals surface area contributed by atoms with E-state index in [1.807, 2.05) is 41.4 Å². The van der Waals surface area contributed by atoms with Crippen LogP contribution < -0.4 is 10.2 Å². The zero-order valence-electron chi connectivity index (χ0n) is 17.6. The van der Waals surface area contributed by atoms with Crippen molar-refractivity contribution in [1.82, 2.24) is 24.7 Å². The van der Waals surface area contributed by atoms with E-state index < -0.39 is 5.97 Å². The average molecular weight is 443 g/mol. The van der Waals surface area contributed by atoms with Gasteiger partial charge >= 0.3 is 5.97 Å². The number of rotatable bonds is 6. The molecule has 0 amide bonds. The predicted octanol–water partition coefficient (Wildman–Crippen LogP) is 3.00. The van der Waals surface area contributed by atoms with Gasteiger partial charge in [-0.05, 0) is 30.3 Å². The Morgan fingerprint density at radius 2 is 1.85 bits per heavy atom. The second-order valence-electron chi connectivity index (χ2n) is 7.36. The van der Waals surface area contributed by atoms with E-state index in [0.29, 0.717) is 49.2 Å². The summed E-state index contributed by atoms with van der Waals surface area (Å²) < 4.78 is 7.17. The van der Waals surface area contributed by atoms with Crippen LogP contribution in [0.15, 0.2) is 67.3 Å². The number of carboxylic acids is 1. The number of nitrogens with one attached hydrogen (secondary N) is 1. The van der Waals surface area contributed by atoms with Gasteiger partial charge in [0.25, 0.3) is 0 Å². The third-order valence-corrected chi connectivity index (χ3v) is 5.24. The van der Waals surface area contributed by atoms with Gasteiger partial charge in [-0.15, -0.1) is 0 Å². The lowest BCUT2D eigenvalue weighted by Crippen LogP contribution is -2.37. The fourth-order valence-electron chi connectivity index (χ4n) is 3.64. The molecule has 5 rings (SSSR count). The largest absolute Gasteiger partial charge is 0.477 e. The van der Waals surface area contributed by atoms with Crippen LogP contribution in [0.2, 0.25) is 0 Å². The number of anilines is 3. The Balaban J connectivity index is 1.67. The minimum absolute atomic E-state index is 0.0126. The van der Waals surface area contributed by atoms with Gasteiger partial charge in [-0.1, -0.05) is 12.1 Å². The van der Waals surface area contributed by atoms with Crippen molar-refractivity contribution in [1.29, 1.82) is 0 Å². The first kappa shape index (κ1) is 20.6. The lowest BCUT2D eigenvalue weighted by atomic mass is 10.1. The Kier molecular flexibility index (Phi) is 5.64. The van der Waals surface area contributed by atoms with Crippen molar-refractivity contribution in [2.45, 2.75) is 0 Å². The number of nitrogens with zero attached hydrogens (tertiary/aromatic N) is 6. The van der Waals surface area contributed by atoms with Gasteiger partial charge in [0.15, 0.2) is 5.82 Å². The van der Waals surface area contributed by atoms with Crippen molar-refractivity contribution in [3.63, 3.8) is 0 Å². The van der Waals surface area contributed by atoms with Crippen LogP contribution in [0.5, 0.6) is 0 Å². The van der Waals surface area contributed by atoms with Gasteiger partial charge in [-0.2, -0.15) is 10.1 Å². The van der Waals surface area contributed by atoms with E-state index in [4.69, 9.17) is 9.72 Å². The van der Waals surface area contributed by atoms with Crippen molar-refractivity contribution in [2.75, 3.05) is 36.5 Å². The maximum absolute atomic E-state index is 12.4. The zero-order valence-corrected chi connectivity index (χ0v) is 17.6. The lowest BCUT2D eigenvalue weighted by Gasteiger charge is -2.28. The highest BCUT2D eigenvalue weighted by Gasteiger charge is 2.25. The van der Waals surface area contributed by atoms with Crippen molar-refractivity contribution < 1.29 is 14.6 Å². The summed E-state index contributed by atoms with van der Waals surface area (Å²) in [7, 11) is 0. The molecular weight excluding hydrogens is 422 g/mol. The van der Waals surface area contributed by atoms with Crippen molar-refractivity contribution >= 4 is 23.4 Å². The van der Waals surface area contributed by atoms with Crippen molar-refractivity contribution in [3.05, 3.63) is 72.8 Å². The Morgan fingerprint density at radius 1 is 1.03 bits per heavy atom. The number of benzene rings is 1. The van der Waals surface area contributed by atoms with Crippen LogP contribution in [0.1, 0.15) is 10.4 Å². The summed E-state index contributed by atoms with van der Waals surface area (Å²) in [6, 6.07) is 12.8. The first-order chi connectivity index (χ1) is 16.2. The molecule has 1 saturated heterocycles. The standard InChI is InChI=1S/C23H21N7O3/c31-22(32)19-20(16-3-1-4-18(15-16)30-10-2-7-25-30)27-23(29-11-13-33-14-12-29)28-21(19)26-17-5-8-24-9-6-17/h1-10,15H,11-14H2,(H,31,32)(H,24,26,27,28). The molecule has 0 radical (unpaired) electrons. The second-order valence-corrected chi connectivity index (χ2v) is 7.36. The Labute approximate surface area is 189 Å². The van der Waals surface area contributed by atoms with Crippen LogP contribution in [0, 0.1) is 0 Å². The molecule has 0 spiro atoms. The van der Waals surface area contributed by atoms with Gasteiger partial charge in [0.2, 0.25) is 5.95 Å². The summed E-state index contributed by atoms with van der Waals surface area (Å²) >= 11 is 0. The molecule has 0 unspecified atom stereocenters. The Bertz CT molecular complexity index is 1260. The number of carboxylic acid groups (broad SMARTS) is 1. The highest BCUT2D eigenvalue weighted by Crippen LogP contribution is 2.32. The quantitative estimate of drug-likeness (QED) is 0.463. The molecule has 4 aromatic rings. The Hall–Kier alpha value is -4.31. The number of aromatic carboxylic acids is 1. The van der Waals surface area contributed by atoms with Gasteiger partial charge in [0, 0.05) is 49.1 Å². The number of hydrogen-bond donors (Lipinski definition) is 2. The number of aromatic nitrogens is 5. The van der Waals surface area contributed by atoms with Gasteiger partial charge < -0.3 is 20.1 Å². The summed E-state index contributed by atoms with van der Waals surface area (Å²) in [5.74, 6) is -0.469. The molecule has 33 heavy (non-hydrogen) atoms. The van der Waals surface area contributed by atoms with E-state index in [-0.39, 0.29) is 11.4 Å². The third-order valence-electron chi connectivity index (χ3n) is 5.24. The molecular formula is C23H21N7O3. The van der Waals surface area contributed by atoms with E-state index in [0.717, 1.165) is 5.69 Å². The number of hydrogen-bond acceptors (Lipinski definition) is 8. The molecule has 0 atom stereocenters. The molecule has 4 heterocycles. The van der Waals surface area contributed by atoms with Gasteiger partial charge in [-0.3, -0.25) is 4.98 Å². The van der Waals surface area contributed by atoms with E-state index in [9.17, 15) is 9.90 Å². The summed E-state index contributed by atoms with van der Waals surface area (Å²) in [6.07, 6.45) is 6.77. The number of pyridine rings is 1. The third kappa shape index (κ3) is 4.37. The second kappa shape index (κ2) is 9.05. The van der Waals surface area contributed by atoms with Crippen LogP contribution in [0.3, 0.4) is 0 Å². The summed E-state index contributed by atoms with van der Waals surface area (Å²) in [5.41, 5.74) is 2.43. The molecule has 10 nitrogen and oxygen atoms in total. The summed E-state index contributed by atoms with van der Waals surface area (Å²) in [6.45, 7) is 2.35. The van der Waals surface area contributed by atoms with E-state index in [1.54, 1.807) is 35.4 Å². The summed E-state index contributed by atoms with van der Waals surface area (Å²) in [5, 5.41) is 17.6. The number of ether oxygens (including phenoxy) is 1.